The van der Waals surface area contributed by atoms with Crippen molar-refractivity contribution in [1.29, 1.82) is 0 Å². The van der Waals surface area contributed by atoms with Gasteiger partial charge in [0.1, 0.15) is 5.82 Å². The van der Waals surface area contributed by atoms with Gasteiger partial charge in [-0.1, -0.05) is 37.3 Å². The van der Waals surface area contributed by atoms with E-state index < -0.39 is 6.10 Å². The van der Waals surface area contributed by atoms with Crippen LogP contribution in [0.5, 0.6) is 0 Å². The molecule has 0 saturated carbocycles. The van der Waals surface area contributed by atoms with Crippen molar-refractivity contribution < 1.29 is 9.90 Å². The maximum atomic E-state index is 12.6. The molecule has 2 atom stereocenters. The molecule has 0 radical (unpaired) electrons. The molecule has 2 unspecified atom stereocenters. The lowest BCUT2D eigenvalue weighted by Crippen LogP contribution is -2.39. The van der Waals surface area contributed by atoms with Gasteiger partial charge in [-0.3, -0.25) is 0 Å². The van der Waals surface area contributed by atoms with E-state index in [1.165, 1.54) is 0 Å². The third-order valence-electron chi connectivity index (χ3n) is 4.59. The van der Waals surface area contributed by atoms with Crippen LogP contribution in [0.2, 0.25) is 0 Å². The standard InChI is InChI=1S/C19H24N4O2/c1-2-18-20-12-15(13-21-18)22-19(25)23-10-6-9-16(23)11-17(24)14-7-4-3-5-8-14/h3-5,7-8,12-13,16-17,24H,2,6,9-11H2,1H3,(H,22,25). The van der Waals surface area contributed by atoms with Crippen molar-refractivity contribution >= 4 is 11.7 Å². The fourth-order valence-electron chi connectivity index (χ4n) is 3.21. The van der Waals surface area contributed by atoms with E-state index in [1.807, 2.05) is 37.3 Å². The maximum absolute atomic E-state index is 12.6. The van der Waals surface area contributed by atoms with Gasteiger partial charge < -0.3 is 15.3 Å². The van der Waals surface area contributed by atoms with Crippen LogP contribution in [0.15, 0.2) is 42.7 Å². The number of hydrogen-bond acceptors (Lipinski definition) is 4. The van der Waals surface area contributed by atoms with Gasteiger partial charge in [0.05, 0.1) is 24.2 Å². The van der Waals surface area contributed by atoms with E-state index in [2.05, 4.69) is 15.3 Å². The minimum atomic E-state index is -0.563. The van der Waals surface area contributed by atoms with E-state index in [0.717, 1.165) is 30.7 Å². The number of anilines is 1. The van der Waals surface area contributed by atoms with Gasteiger partial charge in [-0.05, 0) is 24.8 Å². The van der Waals surface area contributed by atoms with Crippen LogP contribution in [-0.2, 0) is 6.42 Å². The fraction of sp³-hybridized carbons (Fsp3) is 0.421. The molecule has 2 heterocycles. The summed E-state index contributed by atoms with van der Waals surface area (Å²) >= 11 is 0. The largest absolute Gasteiger partial charge is 0.388 e. The molecule has 3 rings (SSSR count). The SMILES string of the molecule is CCc1ncc(NC(=O)N2CCCC2CC(O)c2ccccc2)cn1. The first-order valence-corrected chi connectivity index (χ1v) is 8.79. The number of benzene rings is 1. The second-order valence-electron chi connectivity index (χ2n) is 6.32. The van der Waals surface area contributed by atoms with Crippen molar-refractivity contribution in [3.63, 3.8) is 0 Å². The first-order valence-electron chi connectivity index (χ1n) is 8.79. The van der Waals surface area contributed by atoms with Crippen molar-refractivity contribution in [2.75, 3.05) is 11.9 Å². The van der Waals surface area contributed by atoms with Crippen molar-refractivity contribution in [1.82, 2.24) is 14.9 Å². The van der Waals surface area contributed by atoms with E-state index in [9.17, 15) is 9.90 Å². The average Bonchev–Trinajstić information content (AvgIpc) is 3.11. The number of nitrogens with zero attached hydrogens (tertiary/aromatic N) is 3. The number of amides is 2. The molecule has 0 bridgehead atoms. The number of aryl methyl sites for hydroxylation is 1. The smallest absolute Gasteiger partial charge is 0.322 e. The molecule has 2 aromatic rings. The highest BCUT2D eigenvalue weighted by Gasteiger charge is 2.30. The Kier molecular flexibility index (Phi) is 5.60. The lowest BCUT2D eigenvalue weighted by molar-refractivity contribution is 0.129. The Labute approximate surface area is 147 Å². The monoisotopic (exact) mass is 340 g/mol. The Morgan fingerprint density at radius 3 is 2.72 bits per heavy atom. The molecule has 6 nitrogen and oxygen atoms in total. The second kappa shape index (κ2) is 8.07. The van der Waals surface area contributed by atoms with Crippen LogP contribution < -0.4 is 5.32 Å². The minimum Gasteiger partial charge on any atom is -0.388 e. The summed E-state index contributed by atoms with van der Waals surface area (Å²) in [7, 11) is 0. The van der Waals surface area contributed by atoms with Crippen LogP contribution in [0.4, 0.5) is 10.5 Å². The van der Waals surface area contributed by atoms with Gasteiger partial charge in [0.25, 0.3) is 0 Å². The van der Waals surface area contributed by atoms with E-state index >= 15 is 0 Å². The first-order chi connectivity index (χ1) is 12.2. The summed E-state index contributed by atoms with van der Waals surface area (Å²) in [6, 6.07) is 9.46. The zero-order valence-corrected chi connectivity index (χ0v) is 14.4. The number of nitrogens with one attached hydrogen (secondary N) is 1. The van der Waals surface area contributed by atoms with Crippen LogP contribution in [-0.4, -0.2) is 38.6 Å². The van der Waals surface area contributed by atoms with Gasteiger partial charge in [0.15, 0.2) is 0 Å². The summed E-state index contributed by atoms with van der Waals surface area (Å²) in [5, 5.41) is 13.3. The van der Waals surface area contributed by atoms with E-state index in [-0.39, 0.29) is 12.1 Å². The number of aliphatic hydroxyl groups is 1. The molecule has 2 N–H and O–H groups in total. The first kappa shape index (κ1) is 17.4. The van der Waals surface area contributed by atoms with Crippen LogP contribution in [0.25, 0.3) is 0 Å². The Bertz CT molecular complexity index is 690. The predicted octanol–water partition coefficient (Wildman–Crippen LogP) is 3.16. The van der Waals surface area contributed by atoms with E-state index in [4.69, 9.17) is 0 Å². The number of rotatable bonds is 5. The Morgan fingerprint density at radius 2 is 2.04 bits per heavy atom. The van der Waals surface area contributed by atoms with Gasteiger partial charge in [-0.2, -0.15) is 0 Å². The number of aliphatic hydroxyl groups excluding tert-OH is 1. The quantitative estimate of drug-likeness (QED) is 0.876. The fourth-order valence-corrected chi connectivity index (χ4v) is 3.21. The summed E-state index contributed by atoms with van der Waals surface area (Å²) in [5.74, 6) is 0.753. The van der Waals surface area contributed by atoms with Gasteiger partial charge in [-0.25, -0.2) is 14.8 Å². The zero-order chi connectivity index (χ0) is 17.6. The molecule has 2 amide bonds. The molecule has 1 aromatic heterocycles. The summed E-state index contributed by atoms with van der Waals surface area (Å²) < 4.78 is 0. The molecule has 6 heteroatoms. The summed E-state index contributed by atoms with van der Waals surface area (Å²) in [6.45, 7) is 2.69. The van der Waals surface area contributed by atoms with Crippen molar-refractivity contribution in [2.45, 2.75) is 44.8 Å². The summed E-state index contributed by atoms with van der Waals surface area (Å²) in [5.41, 5.74) is 1.48. The van der Waals surface area contributed by atoms with Crippen LogP contribution in [0.3, 0.4) is 0 Å². The summed E-state index contributed by atoms with van der Waals surface area (Å²) in [4.78, 5) is 22.8. The molecule has 0 aliphatic carbocycles. The minimum absolute atomic E-state index is 0.0334. The molecule has 132 valence electrons. The highest BCUT2D eigenvalue weighted by atomic mass is 16.3. The van der Waals surface area contributed by atoms with Crippen molar-refractivity contribution in [3.05, 3.63) is 54.1 Å². The zero-order valence-electron chi connectivity index (χ0n) is 14.4. The van der Waals surface area contributed by atoms with Gasteiger partial charge in [-0.15, -0.1) is 0 Å². The van der Waals surface area contributed by atoms with Gasteiger partial charge in [0, 0.05) is 19.0 Å². The van der Waals surface area contributed by atoms with Crippen molar-refractivity contribution in [2.24, 2.45) is 0 Å². The topological polar surface area (TPSA) is 78.4 Å². The molecule has 0 spiro atoms. The lowest BCUT2D eigenvalue weighted by atomic mass is 10.0. The maximum Gasteiger partial charge on any atom is 0.322 e. The number of likely N-dealkylation sites (tertiary alicyclic amines) is 1. The number of carbonyl (C=O) groups is 1. The van der Waals surface area contributed by atoms with Gasteiger partial charge >= 0.3 is 6.03 Å². The highest BCUT2D eigenvalue weighted by molar-refractivity contribution is 5.89. The van der Waals surface area contributed by atoms with E-state index in [1.54, 1.807) is 17.3 Å². The molecule has 1 aliphatic heterocycles. The molecule has 1 fully saturated rings. The van der Waals surface area contributed by atoms with Gasteiger partial charge in [0.2, 0.25) is 0 Å². The highest BCUT2D eigenvalue weighted by Crippen LogP contribution is 2.27. The molecule has 1 saturated heterocycles. The van der Waals surface area contributed by atoms with Crippen LogP contribution in [0.1, 0.15) is 43.7 Å². The number of aromatic nitrogens is 2. The second-order valence-corrected chi connectivity index (χ2v) is 6.32. The Morgan fingerprint density at radius 1 is 1.32 bits per heavy atom. The normalized spacial score (nSPS) is 18.2. The predicted molar refractivity (Wildman–Crippen MR) is 96.2 cm³/mol. The van der Waals surface area contributed by atoms with Crippen molar-refractivity contribution in [3.8, 4) is 0 Å². The Balaban J connectivity index is 1.61. The average molecular weight is 340 g/mol. The summed E-state index contributed by atoms with van der Waals surface area (Å²) in [6.07, 6.45) is 5.86. The third kappa shape index (κ3) is 4.33. The molecule has 1 aliphatic rings. The lowest BCUT2D eigenvalue weighted by Gasteiger charge is -2.26. The molecule has 25 heavy (non-hydrogen) atoms. The molecular formula is C19H24N4O2. The molecule has 1 aromatic carbocycles. The number of urea groups is 1. The Hall–Kier alpha value is -2.47. The number of carbonyl (C=O) groups excluding carboxylic acids is 1. The number of hydrogen-bond donors (Lipinski definition) is 2. The molecular weight excluding hydrogens is 316 g/mol. The van der Waals surface area contributed by atoms with Crippen LogP contribution >= 0.6 is 0 Å². The third-order valence-corrected chi connectivity index (χ3v) is 4.59. The van der Waals surface area contributed by atoms with Crippen LogP contribution in [0, 0.1) is 0 Å². The van der Waals surface area contributed by atoms with E-state index in [0.29, 0.717) is 18.7 Å².